The first-order valence-corrected chi connectivity index (χ1v) is 5.17. The van der Waals surface area contributed by atoms with Crippen LogP contribution in [0.2, 0.25) is 0 Å². The molecule has 0 aromatic heterocycles. The normalized spacial score (nSPS) is 9.43. The quantitative estimate of drug-likeness (QED) is 0.606. The van der Waals surface area contributed by atoms with Crippen LogP contribution in [0.3, 0.4) is 0 Å². The van der Waals surface area contributed by atoms with Crippen molar-refractivity contribution in [2.24, 2.45) is 0 Å². The lowest BCUT2D eigenvalue weighted by atomic mass is 10.7. The number of aliphatic hydroxyl groups excluding tert-OH is 1. The Hall–Kier alpha value is -0.160. The van der Waals surface area contributed by atoms with E-state index in [1.165, 1.54) is 0 Å². The van der Waals surface area contributed by atoms with E-state index in [-0.39, 0.29) is 6.61 Å². The van der Waals surface area contributed by atoms with Gasteiger partial charge in [0.25, 0.3) is 0 Å². The Bertz CT molecular complexity index is 70.5. The number of aliphatic hydroxyl groups is 1. The predicted molar refractivity (Wildman–Crippen MR) is 56.6 cm³/mol. The van der Waals surface area contributed by atoms with Gasteiger partial charge >= 0.3 is 0 Å². The molecular weight excluding hydrogens is 184 g/mol. The van der Waals surface area contributed by atoms with Crippen LogP contribution in [-0.4, -0.2) is 51.4 Å². The summed E-state index contributed by atoms with van der Waals surface area (Å²) in [5.74, 6) is 0. The third-order valence-corrected chi connectivity index (χ3v) is 1.22. The Morgan fingerprint density at radius 3 is 1.57 bits per heavy atom. The van der Waals surface area contributed by atoms with Gasteiger partial charge < -0.3 is 19.3 Å². The van der Waals surface area contributed by atoms with Crippen LogP contribution >= 0.6 is 0 Å². The van der Waals surface area contributed by atoms with Crippen molar-refractivity contribution in [3.8, 4) is 0 Å². The molecule has 0 radical (unpaired) electrons. The van der Waals surface area contributed by atoms with Gasteiger partial charge in [-0.3, -0.25) is 0 Å². The van der Waals surface area contributed by atoms with Crippen LogP contribution < -0.4 is 0 Å². The minimum atomic E-state index is 0.0894. The molecule has 0 aromatic carbocycles. The van der Waals surface area contributed by atoms with Crippen molar-refractivity contribution in [3.63, 3.8) is 0 Å². The Labute approximate surface area is 87.2 Å². The summed E-state index contributed by atoms with van der Waals surface area (Å²) in [5, 5.41) is 8.26. The van der Waals surface area contributed by atoms with Gasteiger partial charge in [0, 0.05) is 19.8 Å². The van der Waals surface area contributed by atoms with E-state index in [0.717, 1.165) is 19.8 Å². The van der Waals surface area contributed by atoms with Crippen molar-refractivity contribution in [2.75, 3.05) is 46.2 Å². The highest BCUT2D eigenvalue weighted by molar-refractivity contribution is 4.28. The fourth-order valence-electron chi connectivity index (χ4n) is 0.633. The molecule has 4 heteroatoms. The lowest BCUT2D eigenvalue weighted by Gasteiger charge is -2.00. The highest BCUT2D eigenvalue weighted by Crippen LogP contribution is 1.76. The van der Waals surface area contributed by atoms with Crippen LogP contribution in [0.1, 0.15) is 20.8 Å². The first-order chi connectivity index (χ1) is 6.83. The van der Waals surface area contributed by atoms with E-state index >= 15 is 0 Å². The van der Waals surface area contributed by atoms with Crippen LogP contribution in [0, 0.1) is 0 Å². The van der Waals surface area contributed by atoms with E-state index in [2.05, 4.69) is 0 Å². The van der Waals surface area contributed by atoms with Gasteiger partial charge in [0.05, 0.1) is 26.4 Å². The second kappa shape index (κ2) is 18.6. The van der Waals surface area contributed by atoms with Crippen molar-refractivity contribution in [2.45, 2.75) is 20.8 Å². The number of hydrogen-bond acceptors (Lipinski definition) is 4. The molecule has 14 heavy (non-hydrogen) atoms. The number of ether oxygens (including phenoxy) is 3. The minimum Gasteiger partial charge on any atom is -0.394 e. The largest absolute Gasteiger partial charge is 0.394 e. The van der Waals surface area contributed by atoms with Crippen molar-refractivity contribution in [3.05, 3.63) is 0 Å². The van der Waals surface area contributed by atoms with Crippen molar-refractivity contribution < 1.29 is 19.3 Å². The van der Waals surface area contributed by atoms with Crippen molar-refractivity contribution in [1.82, 2.24) is 0 Å². The average molecular weight is 208 g/mol. The summed E-state index contributed by atoms with van der Waals surface area (Å²) in [6, 6.07) is 0. The molecule has 4 nitrogen and oxygen atoms in total. The van der Waals surface area contributed by atoms with Gasteiger partial charge in [-0.15, -0.1) is 0 Å². The fourth-order valence-corrected chi connectivity index (χ4v) is 0.633. The van der Waals surface area contributed by atoms with Crippen LogP contribution in [0.5, 0.6) is 0 Å². The van der Waals surface area contributed by atoms with Crippen LogP contribution in [0.15, 0.2) is 0 Å². The molecule has 0 amide bonds. The maximum Gasteiger partial charge on any atom is 0.0701 e. The first-order valence-electron chi connectivity index (χ1n) is 5.17. The van der Waals surface area contributed by atoms with Crippen molar-refractivity contribution >= 4 is 0 Å². The highest BCUT2D eigenvalue weighted by Gasteiger charge is 1.84. The standard InChI is InChI=1S/C6H14O3.C4H10O/c1-2-8-5-6-9-4-3-7;1-3-5-4-2/h7H,2-6H2,1H3;3-4H2,1-2H3. The summed E-state index contributed by atoms with van der Waals surface area (Å²) in [5.41, 5.74) is 0. The Morgan fingerprint density at radius 1 is 0.714 bits per heavy atom. The molecule has 0 aliphatic heterocycles. The summed E-state index contributed by atoms with van der Waals surface area (Å²) >= 11 is 0. The molecule has 0 saturated carbocycles. The van der Waals surface area contributed by atoms with E-state index in [1.54, 1.807) is 0 Å². The monoisotopic (exact) mass is 208 g/mol. The summed E-state index contributed by atoms with van der Waals surface area (Å²) in [6.07, 6.45) is 0. The van der Waals surface area contributed by atoms with Gasteiger partial charge in [-0.25, -0.2) is 0 Å². The maximum absolute atomic E-state index is 8.26. The zero-order valence-electron chi connectivity index (χ0n) is 9.62. The highest BCUT2D eigenvalue weighted by atomic mass is 16.5. The van der Waals surface area contributed by atoms with Crippen LogP contribution in [0.4, 0.5) is 0 Å². The Balaban J connectivity index is 0. The maximum atomic E-state index is 8.26. The molecule has 0 rings (SSSR count). The molecule has 0 aliphatic carbocycles. The third kappa shape index (κ3) is 22.6. The van der Waals surface area contributed by atoms with Gasteiger partial charge in [0.2, 0.25) is 0 Å². The molecule has 0 spiro atoms. The molecule has 0 heterocycles. The molecule has 0 aliphatic rings. The zero-order valence-corrected chi connectivity index (χ0v) is 9.62. The summed E-state index contributed by atoms with van der Waals surface area (Å²) < 4.78 is 14.7. The second-order valence-corrected chi connectivity index (χ2v) is 2.31. The fraction of sp³-hybridized carbons (Fsp3) is 1.00. The molecule has 88 valence electrons. The van der Waals surface area contributed by atoms with E-state index < -0.39 is 0 Å². The Kier molecular flexibility index (Phi) is 21.6. The van der Waals surface area contributed by atoms with E-state index in [9.17, 15) is 0 Å². The van der Waals surface area contributed by atoms with Crippen LogP contribution in [0.25, 0.3) is 0 Å². The summed E-state index contributed by atoms with van der Waals surface area (Å²) in [7, 11) is 0. The Morgan fingerprint density at radius 2 is 1.21 bits per heavy atom. The molecule has 0 atom stereocenters. The number of rotatable bonds is 8. The van der Waals surface area contributed by atoms with E-state index in [4.69, 9.17) is 19.3 Å². The summed E-state index contributed by atoms with van der Waals surface area (Å²) in [6.45, 7) is 10.0. The number of hydrogen-bond donors (Lipinski definition) is 1. The topological polar surface area (TPSA) is 47.9 Å². The molecule has 0 fully saturated rings. The molecular formula is C10H24O4. The van der Waals surface area contributed by atoms with Gasteiger partial charge in [-0.2, -0.15) is 0 Å². The van der Waals surface area contributed by atoms with Gasteiger partial charge in [-0.05, 0) is 20.8 Å². The van der Waals surface area contributed by atoms with Crippen molar-refractivity contribution in [1.29, 1.82) is 0 Å². The lowest BCUT2D eigenvalue weighted by molar-refractivity contribution is 0.0370. The molecule has 0 saturated heterocycles. The SMILES string of the molecule is CCOCC.CCOCCOCCO. The van der Waals surface area contributed by atoms with E-state index in [0.29, 0.717) is 19.8 Å². The predicted octanol–water partition coefficient (Wildman–Crippen LogP) is 1.07. The molecule has 0 bridgehead atoms. The first kappa shape index (κ1) is 16.3. The lowest BCUT2D eigenvalue weighted by Crippen LogP contribution is -2.06. The van der Waals surface area contributed by atoms with E-state index in [1.807, 2.05) is 20.8 Å². The summed E-state index contributed by atoms with van der Waals surface area (Å²) in [4.78, 5) is 0. The van der Waals surface area contributed by atoms with Gasteiger partial charge in [0.1, 0.15) is 0 Å². The molecule has 0 aromatic rings. The second-order valence-electron chi connectivity index (χ2n) is 2.31. The smallest absolute Gasteiger partial charge is 0.0701 e. The van der Waals surface area contributed by atoms with Gasteiger partial charge in [0.15, 0.2) is 0 Å². The molecule has 0 unspecified atom stereocenters. The zero-order chi connectivity index (χ0) is 11.1. The van der Waals surface area contributed by atoms with Gasteiger partial charge in [-0.1, -0.05) is 0 Å². The molecule has 1 N–H and O–H groups in total. The average Bonchev–Trinajstić information content (AvgIpc) is 2.20. The van der Waals surface area contributed by atoms with Crippen LogP contribution in [-0.2, 0) is 14.2 Å². The third-order valence-electron chi connectivity index (χ3n) is 1.22. The minimum absolute atomic E-state index is 0.0894.